The van der Waals surface area contributed by atoms with E-state index >= 15 is 0 Å². The van der Waals surface area contributed by atoms with Crippen molar-refractivity contribution in [3.05, 3.63) is 62.4 Å². The van der Waals surface area contributed by atoms with E-state index in [1.165, 1.54) is 37.9 Å². The van der Waals surface area contributed by atoms with E-state index in [0.29, 0.717) is 13.2 Å². The Balaban J connectivity index is 1.41. The van der Waals surface area contributed by atoms with Gasteiger partial charge in [-0.3, -0.25) is 14.5 Å². The van der Waals surface area contributed by atoms with Crippen molar-refractivity contribution in [2.24, 2.45) is 0 Å². The van der Waals surface area contributed by atoms with Crippen LogP contribution in [0.3, 0.4) is 0 Å². The van der Waals surface area contributed by atoms with Crippen molar-refractivity contribution in [1.82, 2.24) is 4.90 Å². The summed E-state index contributed by atoms with van der Waals surface area (Å²) in [5, 5.41) is 2.84. The number of likely N-dealkylation sites (tertiary alicyclic amines) is 1. The van der Waals surface area contributed by atoms with E-state index in [-0.39, 0.29) is 11.4 Å². The molecule has 2 aromatic carbocycles. The van der Waals surface area contributed by atoms with Crippen LogP contribution in [0.15, 0.2) is 46.0 Å². The summed E-state index contributed by atoms with van der Waals surface area (Å²) in [6, 6.07) is 8.20. The quantitative estimate of drug-likeness (QED) is 0.556. The van der Waals surface area contributed by atoms with E-state index in [0.717, 1.165) is 12.3 Å². The molecule has 0 atom stereocenters. The van der Waals surface area contributed by atoms with Crippen LogP contribution in [-0.2, 0) is 6.54 Å². The zero-order chi connectivity index (χ0) is 18.4. The highest BCUT2D eigenvalue weighted by Crippen LogP contribution is 2.17. The molecular formula is C20H25N3O3. The highest BCUT2D eigenvalue weighted by atomic mass is 16.5. The molecule has 0 saturated carbocycles. The van der Waals surface area contributed by atoms with Gasteiger partial charge in [-0.1, -0.05) is 24.6 Å². The zero-order valence-corrected chi connectivity index (χ0v) is 14.9. The average molecular weight is 355 g/mol. The molecule has 1 saturated heterocycles. The maximum atomic E-state index is 11.2. The summed E-state index contributed by atoms with van der Waals surface area (Å²) in [5.41, 5.74) is 5.80. The Kier molecular flexibility index (Phi) is 6.07. The van der Waals surface area contributed by atoms with E-state index in [2.05, 4.69) is 22.3 Å². The van der Waals surface area contributed by atoms with Gasteiger partial charge in [0.2, 0.25) is 0 Å². The SMILES string of the molecule is Nc1c(NCC=CCOc2cccc(CN3CCCCC3)c2)c(=O)c1=O. The maximum Gasteiger partial charge on any atom is 0.253 e. The van der Waals surface area contributed by atoms with E-state index < -0.39 is 10.9 Å². The molecule has 138 valence electrons. The van der Waals surface area contributed by atoms with Crippen LogP contribution in [-0.4, -0.2) is 31.1 Å². The Morgan fingerprint density at radius 1 is 1.12 bits per heavy atom. The minimum Gasteiger partial charge on any atom is -0.490 e. The molecule has 3 rings (SSSR count). The van der Waals surface area contributed by atoms with Gasteiger partial charge in [0.25, 0.3) is 10.9 Å². The number of nitrogens with zero attached hydrogens (tertiary/aromatic N) is 1. The van der Waals surface area contributed by atoms with Gasteiger partial charge in [0.15, 0.2) is 0 Å². The van der Waals surface area contributed by atoms with Crippen molar-refractivity contribution >= 4 is 11.4 Å². The first kappa shape index (κ1) is 18.2. The highest BCUT2D eigenvalue weighted by molar-refractivity contribution is 5.71. The lowest BCUT2D eigenvalue weighted by Gasteiger charge is -2.26. The highest BCUT2D eigenvalue weighted by Gasteiger charge is 2.16. The first-order chi connectivity index (χ1) is 12.6. The lowest BCUT2D eigenvalue weighted by atomic mass is 10.1. The summed E-state index contributed by atoms with van der Waals surface area (Å²) in [4.78, 5) is 24.7. The zero-order valence-electron chi connectivity index (χ0n) is 14.9. The van der Waals surface area contributed by atoms with E-state index in [4.69, 9.17) is 10.5 Å². The van der Waals surface area contributed by atoms with Crippen molar-refractivity contribution in [1.29, 1.82) is 0 Å². The number of hydrogen-bond acceptors (Lipinski definition) is 6. The molecule has 26 heavy (non-hydrogen) atoms. The largest absolute Gasteiger partial charge is 0.490 e. The molecule has 0 radical (unpaired) electrons. The lowest BCUT2D eigenvalue weighted by molar-refractivity contribution is 0.220. The molecule has 0 aliphatic carbocycles. The summed E-state index contributed by atoms with van der Waals surface area (Å²) >= 11 is 0. The van der Waals surface area contributed by atoms with Crippen molar-refractivity contribution in [3.63, 3.8) is 0 Å². The van der Waals surface area contributed by atoms with Gasteiger partial charge in [-0.25, -0.2) is 0 Å². The second-order valence-electron chi connectivity index (χ2n) is 6.59. The van der Waals surface area contributed by atoms with Gasteiger partial charge in [-0.15, -0.1) is 0 Å². The van der Waals surface area contributed by atoms with Gasteiger partial charge in [-0.05, 0) is 49.7 Å². The van der Waals surface area contributed by atoms with Crippen molar-refractivity contribution in [2.45, 2.75) is 25.8 Å². The number of hydrogen-bond donors (Lipinski definition) is 2. The minimum absolute atomic E-state index is 0.0187. The average Bonchev–Trinajstić information content (AvgIpc) is 2.67. The third-order valence-electron chi connectivity index (χ3n) is 4.61. The fraction of sp³-hybridized carbons (Fsp3) is 0.400. The number of benzene rings is 1. The smallest absolute Gasteiger partial charge is 0.253 e. The van der Waals surface area contributed by atoms with Crippen LogP contribution in [0.1, 0.15) is 24.8 Å². The van der Waals surface area contributed by atoms with Gasteiger partial charge in [0.05, 0.1) is 0 Å². The van der Waals surface area contributed by atoms with E-state index in [1.54, 1.807) is 0 Å². The Labute approximate surface area is 153 Å². The van der Waals surface area contributed by atoms with Gasteiger partial charge in [-0.2, -0.15) is 0 Å². The van der Waals surface area contributed by atoms with Crippen LogP contribution in [0.25, 0.3) is 0 Å². The predicted octanol–water partition coefficient (Wildman–Crippen LogP) is 1.90. The maximum absolute atomic E-state index is 11.2. The molecule has 1 aliphatic heterocycles. The summed E-state index contributed by atoms with van der Waals surface area (Å²) in [5.74, 6) is 0.851. The molecule has 6 heteroatoms. The normalized spacial score (nSPS) is 15.5. The molecule has 0 aromatic heterocycles. The van der Waals surface area contributed by atoms with Crippen LogP contribution in [0.5, 0.6) is 5.75 Å². The predicted molar refractivity (Wildman–Crippen MR) is 104 cm³/mol. The van der Waals surface area contributed by atoms with Crippen LogP contribution < -0.4 is 26.6 Å². The summed E-state index contributed by atoms with van der Waals surface area (Å²) in [6.07, 6.45) is 7.63. The first-order valence-corrected chi connectivity index (χ1v) is 9.07. The monoisotopic (exact) mass is 355 g/mol. The fourth-order valence-electron chi connectivity index (χ4n) is 3.15. The van der Waals surface area contributed by atoms with Crippen LogP contribution in [0.2, 0.25) is 0 Å². The van der Waals surface area contributed by atoms with E-state index in [9.17, 15) is 9.59 Å². The van der Waals surface area contributed by atoms with E-state index in [1.807, 2.05) is 24.3 Å². The van der Waals surface area contributed by atoms with Gasteiger partial charge >= 0.3 is 0 Å². The molecule has 1 aliphatic rings. The van der Waals surface area contributed by atoms with Crippen LogP contribution in [0.4, 0.5) is 11.4 Å². The standard InChI is InChI=1S/C20H25N3O3/c21-17-18(20(25)19(17)24)22-9-2-5-12-26-16-8-6-7-15(13-16)14-23-10-3-1-4-11-23/h2,5-8,13,22H,1,3-4,9-12,14,21H2. The molecule has 3 N–H and O–H groups in total. The van der Waals surface area contributed by atoms with Crippen molar-refractivity contribution in [3.8, 4) is 5.75 Å². The number of nitrogen functional groups attached to an aromatic ring is 1. The van der Waals surface area contributed by atoms with Crippen molar-refractivity contribution in [2.75, 3.05) is 37.3 Å². The molecule has 0 unspecified atom stereocenters. The Hall–Kier alpha value is -2.60. The minimum atomic E-state index is -0.607. The lowest BCUT2D eigenvalue weighted by Crippen LogP contribution is -2.37. The third-order valence-corrected chi connectivity index (χ3v) is 4.61. The number of ether oxygens (including phenoxy) is 1. The number of nitrogens with two attached hydrogens (primary N) is 1. The summed E-state index contributed by atoms with van der Waals surface area (Å²) in [6.45, 7) is 4.19. The van der Waals surface area contributed by atoms with Gasteiger partial charge in [0.1, 0.15) is 23.7 Å². The Morgan fingerprint density at radius 3 is 2.69 bits per heavy atom. The van der Waals surface area contributed by atoms with Gasteiger partial charge < -0.3 is 15.8 Å². The number of piperidine rings is 1. The van der Waals surface area contributed by atoms with Crippen LogP contribution >= 0.6 is 0 Å². The van der Waals surface area contributed by atoms with Crippen molar-refractivity contribution < 1.29 is 4.74 Å². The summed E-state index contributed by atoms with van der Waals surface area (Å²) in [7, 11) is 0. The first-order valence-electron chi connectivity index (χ1n) is 9.07. The van der Waals surface area contributed by atoms with Gasteiger partial charge in [0, 0.05) is 13.1 Å². The molecular weight excluding hydrogens is 330 g/mol. The molecule has 1 fully saturated rings. The Bertz CT molecular complexity index is 831. The van der Waals surface area contributed by atoms with Crippen LogP contribution in [0, 0.1) is 0 Å². The fourth-order valence-corrected chi connectivity index (χ4v) is 3.15. The topological polar surface area (TPSA) is 84.7 Å². The Morgan fingerprint density at radius 2 is 1.92 bits per heavy atom. The molecule has 2 aromatic rings. The second kappa shape index (κ2) is 8.67. The number of anilines is 2. The molecule has 0 bridgehead atoms. The number of rotatable bonds is 8. The second-order valence-corrected chi connectivity index (χ2v) is 6.59. The number of nitrogens with one attached hydrogen (secondary N) is 1. The summed E-state index contributed by atoms with van der Waals surface area (Å²) < 4.78 is 5.75. The molecule has 6 nitrogen and oxygen atoms in total. The molecule has 0 spiro atoms. The molecule has 1 heterocycles. The molecule has 0 amide bonds. The third kappa shape index (κ3) is 4.52.